The Kier molecular flexibility index (Phi) is 5.08. The van der Waals surface area contributed by atoms with Gasteiger partial charge in [-0.1, -0.05) is 18.7 Å². The standard InChI is InChI=1S/C13H16N2O4/c1-8(2)12(17)14-11(13(18)15-19)7-9-3-5-10(16)6-4-9/h3-6,11,16,19H,1,7H2,2H3,(H,14,17)(H,15,18)/t11-/m0/s1. The molecule has 0 aromatic heterocycles. The molecule has 6 heteroatoms. The van der Waals surface area contributed by atoms with Gasteiger partial charge < -0.3 is 10.4 Å². The molecule has 19 heavy (non-hydrogen) atoms. The molecule has 1 rings (SSSR count). The lowest BCUT2D eigenvalue weighted by atomic mass is 10.0. The number of hydrogen-bond acceptors (Lipinski definition) is 4. The summed E-state index contributed by atoms with van der Waals surface area (Å²) >= 11 is 0. The Bertz CT molecular complexity index is 482. The summed E-state index contributed by atoms with van der Waals surface area (Å²) in [6, 6.07) is 5.28. The van der Waals surface area contributed by atoms with E-state index in [2.05, 4.69) is 11.9 Å². The molecule has 6 nitrogen and oxygen atoms in total. The maximum atomic E-state index is 11.5. The van der Waals surface area contributed by atoms with Crippen LogP contribution in [0.4, 0.5) is 0 Å². The maximum Gasteiger partial charge on any atom is 0.266 e. The molecular weight excluding hydrogens is 248 g/mol. The largest absolute Gasteiger partial charge is 0.508 e. The Morgan fingerprint density at radius 1 is 1.32 bits per heavy atom. The van der Waals surface area contributed by atoms with Gasteiger partial charge in [0.25, 0.3) is 5.91 Å². The second-order valence-corrected chi connectivity index (χ2v) is 4.15. The van der Waals surface area contributed by atoms with Gasteiger partial charge in [-0.3, -0.25) is 14.8 Å². The van der Waals surface area contributed by atoms with Crippen molar-refractivity contribution in [1.29, 1.82) is 0 Å². The number of phenolic OH excluding ortho intramolecular Hbond substituents is 1. The fraction of sp³-hybridized carbons (Fsp3) is 0.231. The molecule has 1 aromatic carbocycles. The quantitative estimate of drug-likeness (QED) is 0.353. The van der Waals surface area contributed by atoms with Gasteiger partial charge in [0.15, 0.2) is 0 Å². The molecule has 0 bridgehead atoms. The number of carbonyl (C=O) groups excluding carboxylic acids is 2. The number of amides is 2. The Balaban J connectivity index is 2.80. The van der Waals surface area contributed by atoms with Crippen molar-refractivity contribution in [2.24, 2.45) is 0 Å². The van der Waals surface area contributed by atoms with Gasteiger partial charge in [-0.05, 0) is 24.6 Å². The molecule has 2 amide bonds. The van der Waals surface area contributed by atoms with Gasteiger partial charge >= 0.3 is 0 Å². The van der Waals surface area contributed by atoms with Gasteiger partial charge in [0, 0.05) is 12.0 Å². The number of hydroxylamine groups is 1. The molecule has 102 valence electrons. The van der Waals surface area contributed by atoms with E-state index in [9.17, 15) is 9.59 Å². The molecule has 0 unspecified atom stereocenters. The zero-order valence-corrected chi connectivity index (χ0v) is 10.5. The van der Waals surface area contributed by atoms with E-state index in [1.54, 1.807) is 12.1 Å². The summed E-state index contributed by atoms with van der Waals surface area (Å²) in [7, 11) is 0. The smallest absolute Gasteiger partial charge is 0.266 e. The van der Waals surface area contributed by atoms with E-state index in [-0.39, 0.29) is 17.7 Å². The van der Waals surface area contributed by atoms with Crippen molar-refractivity contribution in [3.63, 3.8) is 0 Å². The summed E-state index contributed by atoms with van der Waals surface area (Å²) in [4.78, 5) is 23.0. The Labute approximate surface area is 110 Å². The van der Waals surface area contributed by atoms with Crippen LogP contribution in [0.2, 0.25) is 0 Å². The van der Waals surface area contributed by atoms with Crippen molar-refractivity contribution in [3.05, 3.63) is 42.0 Å². The molecule has 0 saturated carbocycles. The van der Waals surface area contributed by atoms with E-state index in [1.807, 2.05) is 0 Å². The van der Waals surface area contributed by atoms with Gasteiger partial charge in [-0.2, -0.15) is 0 Å². The first-order valence-corrected chi connectivity index (χ1v) is 5.62. The van der Waals surface area contributed by atoms with E-state index >= 15 is 0 Å². The van der Waals surface area contributed by atoms with Crippen LogP contribution in [0.3, 0.4) is 0 Å². The van der Waals surface area contributed by atoms with Gasteiger partial charge in [0.05, 0.1) is 0 Å². The second kappa shape index (κ2) is 6.55. The fourth-order valence-electron chi connectivity index (χ4n) is 1.44. The first-order valence-electron chi connectivity index (χ1n) is 5.62. The third-order valence-corrected chi connectivity index (χ3v) is 2.50. The van der Waals surface area contributed by atoms with Crippen molar-refractivity contribution in [1.82, 2.24) is 10.8 Å². The molecule has 1 atom stereocenters. The average Bonchev–Trinajstić information content (AvgIpc) is 2.39. The van der Waals surface area contributed by atoms with Crippen LogP contribution in [0, 0.1) is 0 Å². The minimum atomic E-state index is -0.918. The van der Waals surface area contributed by atoms with E-state index in [4.69, 9.17) is 10.3 Å². The SMILES string of the molecule is C=C(C)C(=O)N[C@@H](Cc1ccc(O)cc1)C(=O)NO. The third kappa shape index (κ3) is 4.44. The lowest BCUT2D eigenvalue weighted by Crippen LogP contribution is -2.47. The van der Waals surface area contributed by atoms with Crippen LogP contribution in [0.1, 0.15) is 12.5 Å². The molecule has 0 aliphatic heterocycles. The highest BCUT2D eigenvalue weighted by atomic mass is 16.5. The lowest BCUT2D eigenvalue weighted by Gasteiger charge is -2.16. The summed E-state index contributed by atoms with van der Waals surface area (Å²) in [5.74, 6) is -1.08. The minimum absolute atomic E-state index is 0.109. The zero-order chi connectivity index (χ0) is 14.4. The third-order valence-electron chi connectivity index (χ3n) is 2.50. The summed E-state index contributed by atoms with van der Waals surface area (Å²) in [6.07, 6.45) is 0.186. The molecule has 1 aromatic rings. The van der Waals surface area contributed by atoms with Crippen LogP contribution in [0.25, 0.3) is 0 Å². The van der Waals surface area contributed by atoms with E-state index < -0.39 is 17.9 Å². The highest BCUT2D eigenvalue weighted by Crippen LogP contribution is 2.11. The highest BCUT2D eigenvalue weighted by Gasteiger charge is 2.21. The molecule has 0 fully saturated rings. The van der Waals surface area contributed by atoms with Crippen LogP contribution in [-0.4, -0.2) is 28.2 Å². The maximum absolute atomic E-state index is 11.5. The minimum Gasteiger partial charge on any atom is -0.508 e. The van der Waals surface area contributed by atoms with Crippen molar-refractivity contribution < 1.29 is 19.9 Å². The predicted octanol–water partition coefficient (Wildman–Crippen LogP) is 0.501. The monoisotopic (exact) mass is 264 g/mol. The molecule has 0 aliphatic carbocycles. The lowest BCUT2D eigenvalue weighted by molar-refractivity contribution is -0.133. The van der Waals surface area contributed by atoms with Crippen molar-refractivity contribution in [2.45, 2.75) is 19.4 Å². The molecule has 0 aliphatic rings. The van der Waals surface area contributed by atoms with Crippen molar-refractivity contribution in [2.75, 3.05) is 0 Å². The van der Waals surface area contributed by atoms with E-state index in [0.717, 1.165) is 5.56 Å². The highest BCUT2D eigenvalue weighted by molar-refractivity contribution is 5.95. The zero-order valence-electron chi connectivity index (χ0n) is 10.5. The van der Waals surface area contributed by atoms with Crippen LogP contribution < -0.4 is 10.8 Å². The number of phenols is 1. The number of carbonyl (C=O) groups is 2. The molecule has 0 spiro atoms. The molecule has 0 heterocycles. The number of rotatable bonds is 5. The normalized spacial score (nSPS) is 11.5. The van der Waals surface area contributed by atoms with Crippen LogP contribution in [0.15, 0.2) is 36.4 Å². The van der Waals surface area contributed by atoms with Gasteiger partial charge in [0.2, 0.25) is 5.91 Å². The predicted molar refractivity (Wildman–Crippen MR) is 68.5 cm³/mol. The fourth-order valence-corrected chi connectivity index (χ4v) is 1.44. The summed E-state index contributed by atoms with van der Waals surface area (Å²) in [6.45, 7) is 4.99. The Morgan fingerprint density at radius 2 is 1.89 bits per heavy atom. The van der Waals surface area contributed by atoms with Gasteiger partial charge in [-0.25, -0.2) is 5.48 Å². The number of hydrogen-bond donors (Lipinski definition) is 4. The van der Waals surface area contributed by atoms with Crippen molar-refractivity contribution >= 4 is 11.8 Å². The summed E-state index contributed by atoms with van der Waals surface area (Å²) in [5.41, 5.74) is 2.50. The number of aromatic hydroxyl groups is 1. The van der Waals surface area contributed by atoms with Gasteiger partial charge in [-0.15, -0.1) is 0 Å². The Morgan fingerprint density at radius 3 is 2.37 bits per heavy atom. The molecule has 0 radical (unpaired) electrons. The summed E-state index contributed by atoms with van der Waals surface area (Å²) in [5, 5.41) is 20.3. The Hall–Kier alpha value is -2.34. The summed E-state index contributed by atoms with van der Waals surface area (Å²) < 4.78 is 0. The average molecular weight is 264 g/mol. The molecule has 0 saturated heterocycles. The van der Waals surface area contributed by atoms with E-state index in [0.29, 0.717) is 0 Å². The molecule has 4 N–H and O–H groups in total. The second-order valence-electron chi connectivity index (χ2n) is 4.15. The van der Waals surface area contributed by atoms with Crippen LogP contribution >= 0.6 is 0 Å². The first kappa shape index (κ1) is 14.7. The molecular formula is C13H16N2O4. The van der Waals surface area contributed by atoms with Crippen LogP contribution in [-0.2, 0) is 16.0 Å². The van der Waals surface area contributed by atoms with Crippen molar-refractivity contribution in [3.8, 4) is 5.75 Å². The number of benzene rings is 1. The topological polar surface area (TPSA) is 98.7 Å². The van der Waals surface area contributed by atoms with Crippen LogP contribution in [0.5, 0.6) is 5.75 Å². The first-order chi connectivity index (χ1) is 8.93. The number of nitrogens with one attached hydrogen (secondary N) is 2. The van der Waals surface area contributed by atoms with E-state index in [1.165, 1.54) is 24.5 Å². The van der Waals surface area contributed by atoms with Gasteiger partial charge in [0.1, 0.15) is 11.8 Å².